The van der Waals surface area contributed by atoms with Crippen molar-refractivity contribution in [1.82, 2.24) is 0 Å². The lowest BCUT2D eigenvalue weighted by atomic mass is 10.3. The molecule has 0 aromatic carbocycles. The molecule has 0 aliphatic heterocycles. The van der Waals surface area contributed by atoms with E-state index in [1.165, 1.54) is 0 Å². The first-order valence-electron chi connectivity index (χ1n) is 2.47. The molecule has 0 saturated carbocycles. The monoisotopic (exact) mass is 250 g/mol. The second-order valence-corrected chi connectivity index (χ2v) is 4.03. The van der Waals surface area contributed by atoms with Gasteiger partial charge < -0.3 is 0 Å². The zero-order valence-corrected chi connectivity index (χ0v) is 7.50. The molecule has 0 aliphatic rings. The average Bonchev–Trinajstić information content (AvgIpc) is 1.52. The Bertz CT molecular complexity index is 157. The minimum absolute atomic E-state index is 1.88. The zero-order valence-electron chi connectivity index (χ0n) is 5.23. The number of alkyl halides is 8. The lowest BCUT2D eigenvalue weighted by Crippen LogP contribution is -2.38. The van der Waals surface area contributed by atoms with Gasteiger partial charge >= 0.3 is 11.6 Å². The second-order valence-electron chi connectivity index (χ2n) is 1.99. The Kier molecular flexibility index (Phi) is 3.49. The van der Waals surface area contributed by atoms with Gasteiger partial charge in [-0.3, -0.25) is 0 Å². The van der Waals surface area contributed by atoms with Gasteiger partial charge in [0.2, 0.25) is 4.33 Å². The average molecular weight is 251 g/mol. The number of hydrogen-bond donors (Lipinski definition) is 0. The number of hydrogen-bond acceptors (Lipinski definition) is 0. The van der Waals surface area contributed by atoms with Gasteiger partial charge in [0.1, 0.15) is 0 Å². The fourth-order valence-electron chi connectivity index (χ4n) is 0.352. The third kappa shape index (κ3) is 3.96. The first-order chi connectivity index (χ1) is 4.96. The van der Waals surface area contributed by atoms with Crippen LogP contribution in [0.2, 0.25) is 0 Å². The molecule has 0 unspecified atom stereocenters. The predicted octanol–water partition coefficient (Wildman–Crippen LogP) is 3.94. The maximum absolute atomic E-state index is 11.8. The van der Waals surface area contributed by atoms with Crippen LogP contribution in [0, 0.1) is 0 Å². The number of halogens is 8. The number of rotatable bonds is 2. The summed E-state index contributed by atoms with van der Waals surface area (Å²) in [6, 6.07) is 0. The van der Waals surface area contributed by atoms with E-state index in [0.29, 0.717) is 0 Å². The summed E-state index contributed by atoms with van der Waals surface area (Å²) in [6.45, 7) is 0. The molecule has 0 bridgehead atoms. The molecule has 8 heteroatoms. The van der Waals surface area contributed by atoms with Gasteiger partial charge in [0.15, 0.2) is 0 Å². The fourth-order valence-corrected chi connectivity index (χ4v) is 1.02. The zero-order chi connectivity index (χ0) is 10.2. The smallest absolute Gasteiger partial charge is 0.188 e. The van der Waals surface area contributed by atoms with E-state index in [0.717, 1.165) is 0 Å². The molecule has 0 aromatic heterocycles. The lowest BCUT2D eigenvalue weighted by molar-refractivity contribution is -0.151. The Hall–Kier alpha value is 0.520. The summed E-state index contributed by atoms with van der Waals surface area (Å²) in [5.41, 5.74) is 0. The third-order valence-electron chi connectivity index (χ3n) is 0.837. The highest BCUT2D eigenvalue weighted by Gasteiger charge is 2.57. The molecule has 0 fully saturated rings. The van der Waals surface area contributed by atoms with Crippen LogP contribution in [0.1, 0.15) is 6.42 Å². The van der Waals surface area contributed by atoms with Gasteiger partial charge in [-0.25, -0.2) is 0 Å². The molecule has 0 N–H and O–H groups in total. The van der Waals surface area contributed by atoms with Crippen LogP contribution in [0.15, 0.2) is 0 Å². The Balaban J connectivity index is 4.44. The van der Waals surface area contributed by atoms with Crippen molar-refractivity contribution in [3.05, 3.63) is 0 Å². The van der Waals surface area contributed by atoms with Crippen molar-refractivity contribution in [3.8, 4) is 0 Å². The molecule has 12 heavy (non-hydrogen) atoms. The normalized spacial score (nSPS) is 15.0. The Morgan fingerprint density at radius 2 is 1.17 bits per heavy atom. The van der Waals surface area contributed by atoms with Crippen molar-refractivity contribution in [3.63, 3.8) is 0 Å². The molecule has 0 aromatic rings. The van der Waals surface area contributed by atoms with Gasteiger partial charge in [-0.15, -0.1) is 0 Å². The van der Waals surface area contributed by atoms with Crippen molar-refractivity contribution in [1.29, 1.82) is 0 Å². The standard InChI is InChI=1S/C4H2Cl3F5/c5-2(6,4(10,11)12)1-3(7,8)9/h1H2. The van der Waals surface area contributed by atoms with Gasteiger partial charge in [-0.1, -0.05) is 23.2 Å². The summed E-state index contributed by atoms with van der Waals surface area (Å²) in [7, 11) is 0. The van der Waals surface area contributed by atoms with Crippen LogP contribution in [0.5, 0.6) is 0 Å². The Morgan fingerprint density at radius 1 is 0.833 bits per heavy atom. The van der Waals surface area contributed by atoms with Crippen molar-refractivity contribution < 1.29 is 22.0 Å². The molecule has 0 aliphatic carbocycles. The van der Waals surface area contributed by atoms with E-state index in [2.05, 4.69) is 34.8 Å². The van der Waals surface area contributed by atoms with Crippen LogP contribution in [0.4, 0.5) is 22.0 Å². The van der Waals surface area contributed by atoms with Crippen LogP contribution in [0.25, 0.3) is 0 Å². The van der Waals surface area contributed by atoms with Crippen LogP contribution in [-0.4, -0.2) is 15.9 Å². The van der Waals surface area contributed by atoms with Gasteiger partial charge in [0.05, 0.1) is 6.42 Å². The molecule has 0 radical (unpaired) electrons. The highest BCUT2D eigenvalue weighted by atomic mass is 35.5. The minimum Gasteiger partial charge on any atom is -0.188 e. The van der Waals surface area contributed by atoms with Crippen LogP contribution in [-0.2, 0) is 0 Å². The molecular formula is C4H2Cl3F5. The fraction of sp³-hybridized carbons (Fsp3) is 1.00. The van der Waals surface area contributed by atoms with E-state index in [-0.39, 0.29) is 0 Å². The Labute approximate surface area is 79.6 Å². The van der Waals surface area contributed by atoms with Crippen molar-refractivity contribution >= 4 is 34.8 Å². The van der Waals surface area contributed by atoms with Crippen LogP contribution >= 0.6 is 34.8 Å². The van der Waals surface area contributed by atoms with Crippen LogP contribution < -0.4 is 0 Å². The van der Waals surface area contributed by atoms with E-state index < -0.39 is 22.3 Å². The molecule has 0 atom stereocenters. The predicted molar refractivity (Wildman–Crippen MR) is 35.9 cm³/mol. The highest BCUT2D eigenvalue weighted by Crippen LogP contribution is 2.47. The molecule has 0 heterocycles. The van der Waals surface area contributed by atoms with Gasteiger partial charge in [-0.05, 0) is 11.6 Å². The van der Waals surface area contributed by atoms with Crippen molar-refractivity contribution in [2.24, 2.45) is 0 Å². The topological polar surface area (TPSA) is 0 Å². The SMILES string of the molecule is FC(F)(Cl)CC(Cl)(Cl)C(F)(F)F. The van der Waals surface area contributed by atoms with E-state index in [9.17, 15) is 22.0 Å². The maximum Gasteiger partial charge on any atom is 0.421 e. The molecule has 0 nitrogen and oxygen atoms in total. The summed E-state index contributed by atoms with van der Waals surface area (Å²) in [5, 5.41) is -4.07. The molecule has 0 saturated heterocycles. The van der Waals surface area contributed by atoms with Crippen LogP contribution in [0.3, 0.4) is 0 Å². The summed E-state index contributed by atoms with van der Waals surface area (Å²) < 4.78 is 55.3. The first kappa shape index (κ1) is 12.5. The summed E-state index contributed by atoms with van der Waals surface area (Å²) in [4.78, 5) is 0. The van der Waals surface area contributed by atoms with E-state index in [1.807, 2.05) is 0 Å². The lowest BCUT2D eigenvalue weighted by Gasteiger charge is -2.24. The largest absolute Gasteiger partial charge is 0.421 e. The highest BCUT2D eigenvalue weighted by molar-refractivity contribution is 6.49. The summed E-state index contributed by atoms with van der Waals surface area (Å²) >= 11 is 13.4. The maximum atomic E-state index is 11.8. The van der Waals surface area contributed by atoms with E-state index >= 15 is 0 Å². The molecule has 74 valence electrons. The molecule has 0 rings (SSSR count). The third-order valence-corrected chi connectivity index (χ3v) is 1.67. The van der Waals surface area contributed by atoms with Gasteiger partial charge in [0, 0.05) is 0 Å². The summed E-state index contributed by atoms with van der Waals surface area (Å²) in [6.07, 6.45) is -7.01. The molecule has 0 spiro atoms. The van der Waals surface area contributed by atoms with Crippen molar-refractivity contribution in [2.45, 2.75) is 22.3 Å². The minimum atomic E-state index is -5.13. The second kappa shape index (κ2) is 3.35. The Morgan fingerprint density at radius 3 is 1.25 bits per heavy atom. The van der Waals surface area contributed by atoms with Crippen molar-refractivity contribution in [2.75, 3.05) is 0 Å². The first-order valence-corrected chi connectivity index (χ1v) is 3.60. The van der Waals surface area contributed by atoms with Gasteiger partial charge in [0.25, 0.3) is 0 Å². The summed E-state index contributed by atoms with van der Waals surface area (Å²) in [5.74, 6) is 0. The van der Waals surface area contributed by atoms with E-state index in [4.69, 9.17) is 0 Å². The quantitative estimate of drug-likeness (QED) is 0.515. The molecular weight excluding hydrogens is 249 g/mol. The molecule has 0 amide bonds. The van der Waals surface area contributed by atoms with E-state index in [1.54, 1.807) is 0 Å². The van der Waals surface area contributed by atoms with Gasteiger partial charge in [-0.2, -0.15) is 22.0 Å².